The van der Waals surface area contributed by atoms with Gasteiger partial charge in [-0.2, -0.15) is 0 Å². The highest BCUT2D eigenvalue weighted by Crippen LogP contribution is 2.29. The molecular formula is C13H12Cl2N2. The van der Waals surface area contributed by atoms with Crippen LogP contribution < -0.4 is 11.1 Å². The van der Waals surface area contributed by atoms with Crippen molar-refractivity contribution in [3.63, 3.8) is 0 Å². The Morgan fingerprint density at radius 1 is 1.00 bits per heavy atom. The molecule has 0 saturated heterocycles. The van der Waals surface area contributed by atoms with Gasteiger partial charge in [-0.1, -0.05) is 29.3 Å². The van der Waals surface area contributed by atoms with Crippen molar-refractivity contribution in [3.8, 4) is 0 Å². The lowest BCUT2D eigenvalue weighted by atomic mass is 10.2. The molecule has 0 aliphatic heterocycles. The predicted molar refractivity (Wildman–Crippen MR) is 75.3 cm³/mol. The van der Waals surface area contributed by atoms with Gasteiger partial charge in [0.2, 0.25) is 0 Å². The molecule has 0 aliphatic rings. The first-order valence-electron chi connectivity index (χ1n) is 5.14. The van der Waals surface area contributed by atoms with Crippen LogP contribution in [0.5, 0.6) is 0 Å². The number of nitrogen functional groups attached to an aromatic ring is 1. The van der Waals surface area contributed by atoms with Crippen LogP contribution in [0, 0.1) is 6.92 Å². The van der Waals surface area contributed by atoms with Crippen LogP contribution in [0.1, 0.15) is 5.56 Å². The minimum atomic E-state index is 0.585. The SMILES string of the molecule is Cc1ccc(Nc2ccc(N)cc2Cl)cc1Cl. The molecule has 0 heterocycles. The largest absolute Gasteiger partial charge is 0.399 e. The molecule has 17 heavy (non-hydrogen) atoms. The molecule has 2 rings (SSSR count). The van der Waals surface area contributed by atoms with Gasteiger partial charge in [0.15, 0.2) is 0 Å². The van der Waals surface area contributed by atoms with Gasteiger partial charge in [0, 0.05) is 16.4 Å². The summed E-state index contributed by atoms with van der Waals surface area (Å²) < 4.78 is 0. The maximum Gasteiger partial charge on any atom is 0.0661 e. The van der Waals surface area contributed by atoms with E-state index < -0.39 is 0 Å². The molecule has 0 atom stereocenters. The minimum absolute atomic E-state index is 0.585. The minimum Gasteiger partial charge on any atom is -0.399 e. The summed E-state index contributed by atoms with van der Waals surface area (Å²) in [5.74, 6) is 0. The van der Waals surface area contributed by atoms with Gasteiger partial charge in [-0.05, 0) is 42.8 Å². The van der Waals surface area contributed by atoms with Crippen LogP contribution >= 0.6 is 23.2 Å². The third-order valence-corrected chi connectivity index (χ3v) is 3.16. The number of nitrogens with one attached hydrogen (secondary N) is 1. The number of benzene rings is 2. The second-order valence-electron chi connectivity index (χ2n) is 3.83. The molecule has 4 heteroatoms. The van der Waals surface area contributed by atoms with Gasteiger partial charge in [0.25, 0.3) is 0 Å². The molecule has 3 N–H and O–H groups in total. The van der Waals surface area contributed by atoms with Crippen molar-refractivity contribution >= 4 is 40.3 Å². The van der Waals surface area contributed by atoms with E-state index in [1.165, 1.54) is 0 Å². The van der Waals surface area contributed by atoms with Gasteiger partial charge in [-0.15, -0.1) is 0 Å². The fourth-order valence-electron chi connectivity index (χ4n) is 1.46. The standard InChI is InChI=1S/C13H12Cl2N2/c1-8-2-4-10(7-11(8)14)17-13-5-3-9(16)6-12(13)15/h2-7,17H,16H2,1H3. The molecule has 0 aromatic heterocycles. The van der Waals surface area contributed by atoms with Crippen LogP contribution in [-0.4, -0.2) is 0 Å². The van der Waals surface area contributed by atoms with E-state index in [-0.39, 0.29) is 0 Å². The zero-order chi connectivity index (χ0) is 12.4. The van der Waals surface area contributed by atoms with Gasteiger partial charge in [0.1, 0.15) is 0 Å². The highest BCUT2D eigenvalue weighted by molar-refractivity contribution is 6.33. The summed E-state index contributed by atoms with van der Waals surface area (Å²) in [6.45, 7) is 1.96. The highest BCUT2D eigenvalue weighted by atomic mass is 35.5. The van der Waals surface area contributed by atoms with E-state index in [1.807, 2.05) is 31.2 Å². The molecule has 0 saturated carbocycles. The Labute approximate surface area is 110 Å². The van der Waals surface area contributed by atoms with Crippen molar-refractivity contribution in [1.82, 2.24) is 0 Å². The molecule has 0 bridgehead atoms. The molecule has 2 aromatic rings. The van der Waals surface area contributed by atoms with E-state index in [0.29, 0.717) is 10.7 Å². The van der Waals surface area contributed by atoms with Gasteiger partial charge in [-0.3, -0.25) is 0 Å². The van der Waals surface area contributed by atoms with Crippen LogP contribution in [0.3, 0.4) is 0 Å². The number of nitrogens with two attached hydrogens (primary N) is 1. The number of hydrogen-bond acceptors (Lipinski definition) is 2. The molecule has 88 valence electrons. The Bertz CT molecular complexity index is 553. The number of rotatable bonds is 2. The molecule has 2 nitrogen and oxygen atoms in total. The lowest BCUT2D eigenvalue weighted by molar-refractivity contribution is 1.45. The van der Waals surface area contributed by atoms with Crippen molar-refractivity contribution < 1.29 is 0 Å². The van der Waals surface area contributed by atoms with Crippen LogP contribution in [0.4, 0.5) is 17.1 Å². The van der Waals surface area contributed by atoms with Gasteiger partial charge >= 0.3 is 0 Å². The monoisotopic (exact) mass is 266 g/mol. The second-order valence-corrected chi connectivity index (χ2v) is 4.64. The molecule has 0 fully saturated rings. The molecule has 0 radical (unpaired) electrons. The Morgan fingerprint density at radius 3 is 2.41 bits per heavy atom. The summed E-state index contributed by atoms with van der Waals surface area (Å²) in [7, 11) is 0. The van der Waals surface area contributed by atoms with E-state index in [1.54, 1.807) is 12.1 Å². The first kappa shape index (κ1) is 12.1. The number of halogens is 2. The molecule has 0 aliphatic carbocycles. The third-order valence-electron chi connectivity index (χ3n) is 2.44. The highest BCUT2D eigenvalue weighted by Gasteiger charge is 2.02. The summed E-state index contributed by atoms with van der Waals surface area (Å²) in [4.78, 5) is 0. The van der Waals surface area contributed by atoms with Gasteiger partial charge in [-0.25, -0.2) is 0 Å². The number of anilines is 3. The van der Waals surface area contributed by atoms with E-state index in [0.717, 1.165) is 22.0 Å². The van der Waals surface area contributed by atoms with Crippen molar-refractivity contribution in [1.29, 1.82) is 0 Å². The molecule has 0 spiro atoms. The topological polar surface area (TPSA) is 38.0 Å². The maximum absolute atomic E-state index is 6.07. The zero-order valence-corrected chi connectivity index (χ0v) is 10.8. The van der Waals surface area contributed by atoms with Crippen molar-refractivity contribution in [2.24, 2.45) is 0 Å². The summed E-state index contributed by atoms with van der Waals surface area (Å²) in [5, 5.41) is 4.50. The first-order valence-corrected chi connectivity index (χ1v) is 5.90. The second kappa shape index (κ2) is 4.86. The Morgan fingerprint density at radius 2 is 1.76 bits per heavy atom. The van der Waals surface area contributed by atoms with Crippen molar-refractivity contribution in [3.05, 3.63) is 52.0 Å². The Kier molecular flexibility index (Phi) is 3.46. The average Bonchev–Trinajstić information content (AvgIpc) is 2.27. The lowest BCUT2D eigenvalue weighted by Crippen LogP contribution is -1.93. The summed E-state index contributed by atoms with van der Waals surface area (Å²) in [6, 6.07) is 11.1. The van der Waals surface area contributed by atoms with Crippen LogP contribution in [0.15, 0.2) is 36.4 Å². The first-order chi connectivity index (χ1) is 8.06. The third kappa shape index (κ3) is 2.84. The van der Waals surface area contributed by atoms with Gasteiger partial charge < -0.3 is 11.1 Å². The van der Waals surface area contributed by atoms with E-state index in [9.17, 15) is 0 Å². The quantitative estimate of drug-likeness (QED) is 0.778. The molecule has 2 aromatic carbocycles. The van der Waals surface area contributed by atoms with Crippen LogP contribution in [0.25, 0.3) is 0 Å². The summed E-state index contributed by atoms with van der Waals surface area (Å²) in [5.41, 5.74) is 9.02. The summed E-state index contributed by atoms with van der Waals surface area (Å²) in [6.07, 6.45) is 0. The average molecular weight is 267 g/mol. The fourth-order valence-corrected chi connectivity index (χ4v) is 1.88. The number of hydrogen-bond donors (Lipinski definition) is 2. The lowest BCUT2D eigenvalue weighted by Gasteiger charge is -2.10. The van der Waals surface area contributed by atoms with Gasteiger partial charge in [0.05, 0.1) is 10.7 Å². The van der Waals surface area contributed by atoms with Crippen LogP contribution in [0.2, 0.25) is 10.0 Å². The van der Waals surface area contributed by atoms with E-state index in [2.05, 4.69) is 5.32 Å². The molecule has 0 unspecified atom stereocenters. The smallest absolute Gasteiger partial charge is 0.0661 e. The number of aryl methyl sites for hydroxylation is 1. The predicted octanol–water partition coefficient (Wildman–Crippen LogP) is 4.63. The van der Waals surface area contributed by atoms with Crippen molar-refractivity contribution in [2.75, 3.05) is 11.1 Å². The molecular weight excluding hydrogens is 255 g/mol. The zero-order valence-electron chi connectivity index (χ0n) is 9.30. The van der Waals surface area contributed by atoms with E-state index in [4.69, 9.17) is 28.9 Å². The van der Waals surface area contributed by atoms with Crippen molar-refractivity contribution in [2.45, 2.75) is 6.92 Å². The van der Waals surface area contributed by atoms with E-state index >= 15 is 0 Å². The Balaban J connectivity index is 2.28. The van der Waals surface area contributed by atoms with Crippen LogP contribution in [-0.2, 0) is 0 Å². The fraction of sp³-hybridized carbons (Fsp3) is 0.0769. The maximum atomic E-state index is 6.07. The summed E-state index contributed by atoms with van der Waals surface area (Å²) >= 11 is 12.1. The normalized spacial score (nSPS) is 10.3. The molecule has 0 amide bonds. The Hall–Kier alpha value is -1.38.